The van der Waals surface area contributed by atoms with E-state index in [1.165, 1.54) is 5.69 Å². The third-order valence-corrected chi connectivity index (χ3v) is 4.63. The van der Waals surface area contributed by atoms with Gasteiger partial charge >= 0.3 is 0 Å². The van der Waals surface area contributed by atoms with E-state index in [2.05, 4.69) is 46.5 Å². The number of anilines is 4. The Labute approximate surface area is 170 Å². The van der Waals surface area contributed by atoms with Gasteiger partial charge in [0.1, 0.15) is 5.69 Å². The predicted octanol–water partition coefficient (Wildman–Crippen LogP) is 5.58. The van der Waals surface area contributed by atoms with Crippen LogP contribution in [0.25, 0.3) is 0 Å². The lowest BCUT2D eigenvalue weighted by Gasteiger charge is -2.21. The fourth-order valence-electron chi connectivity index (χ4n) is 2.84. The van der Waals surface area contributed by atoms with Gasteiger partial charge in [0.05, 0.1) is 11.9 Å². The lowest BCUT2D eigenvalue weighted by atomic mass is 10.2. The van der Waals surface area contributed by atoms with Crippen molar-refractivity contribution in [1.29, 1.82) is 0 Å². The summed E-state index contributed by atoms with van der Waals surface area (Å²) in [6, 6.07) is 18.7. The molecule has 3 aromatic rings. The molecule has 0 radical (unpaired) electrons. The largest absolute Gasteiger partial charge is 0.372 e. The van der Waals surface area contributed by atoms with Crippen molar-refractivity contribution in [1.82, 2.24) is 4.98 Å². The number of amides is 1. The number of carbonyl (C=O) groups excluding carboxylic acids is 1. The Balaban J connectivity index is 1.62. The first-order chi connectivity index (χ1) is 13.6. The first-order valence-corrected chi connectivity index (χ1v) is 9.62. The van der Waals surface area contributed by atoms with E-state index in [4.69, 9.17) is 11.6 Å². The average molecular weight is 395 g/mol. The van der Waals surface area contributed by atoms with E-state index in [0.717, 1.165) is 24.5 Å². The minimum absolute atomic E-state index is 0.266. The Morgan fingerprint density at radius 3 is 2.07 bits per heavy atom. The molecule has 1 heterocycles. The summed E-state index contributed by atoms with van der Waals surface area (Å²) in [6.07, 6.45) is 1.65. The molecule has 2 aromatic carbocycles. The molecule has 0 bridgehead atoms. The minimum Gasteiger partial charge on any atom is -0.372 e. The molecule has 0 aliphatic heterocycles. The highest BCUT2D eigenvalue weighted by molar-refractivity contribution is 6.30. The molecule has 0 fully saturated rings. The van der Waals surface area contributed by atoms with Crippen molar-refractivity contribution in [3.05, 3.63) is 77.6 Å². The number of hydrogen-bond donors (Lipinski definition) is 2. The molecule has 2 N–H and O–H groups in total. The smallest absolute Gasteiger partial charge is 0.274 e. The number of nitrogens with zero attached hydrogens (tertiary/aromatic N) is 2. The molecule has 0 spiro atoms. The third kappa shape index (κ3) is 5.02. The summed E-state index contributed by atoms with van der Waals surface area (Å²) in [5.74, 6) is -0.266. The lowest BCUT2D eigenvalue weighted by molar-refractivity contribution is 0.102. The van der Waals surface area contributed by atoms with Crippen LogP contribution in [0.15, 0.2) is 66.9 Å². The molecular formula is C22H23ClN4O. The Kier molecular flexibility index (Phi) is 6.50. The van der Waals surface area contributed by atoms with Crippen molar-refractivity contribution >= 4 is 40.3 Å². The van der Waals surface area contributed by atoms with E-state index in [-0.39, 0.29) is 5.91 Å². The second-order valence-corrected chi connectivity index (χ2v) is 6.67. The highest BCUT2D eigenvalue weighted by atomic mass is 35.5. The fraction of sp³-hybridized carbons (Fsp3) is 0.182. The van der Waals surface area contributed by atoms with E-state index in [1.54, 1.807) is 36.5 Å². The number of nitrogens with one attached hydrogen (secondary N) is 2. The fourth-order valence-corrected chi connectivity index (χ4v) is 2.97. The summed E-state index contributed by atoms with van der Waals surface area (Å²) >= 11 is 5.85. The predicted molar refractivity (Wildman–Crippen MR) is 117 cm³/mol. The van der Waals surface area contributed by atoms with Crippen molar-refractivity contribution in [2.75, 3.05) is 28.6 Å². The standard InChI is InChI=1S/C22H23ClN4O/c1-3-27(4-2)20-12-9-17(10-13-20)25-19-11-14-21(24-15-19)22(28)26-18-7-5-16(23)6-8-18/h5-15,25H,3-4H2,1-2H3,(H,26,28). The van der Waals surface area contributed by atoms with Crippen LogP contribution in [0, 0.1) is 0 Å². The summed E-state index contributed by atoms with van der Waals surface area (Å²) in [5, 5.41) is 6.72. The topological polar surface area (TPSA) is 57.3 Å². The molecule has 0 saturated heterocycles. The normalized spacial score (nSPS) is 10.4. The van der Waals surface area contributed by atoms with Crippen molar-refractivity contribution in [3.63, 3.8) is 0 Å². The van der Waals surface area contributed by atoms with E-state index >= 15 is 0 Å². The summed E-state index contributed by atoms with van der Waals surface area (Å²) < 4.78 is 0. The van der Waals surface area contributed by atoms with Crippen molar-refractivity contribution in [2.45, 2.75) is 13.8 Å². The van der Waals surface area contributed by atoms with Gasteiger partial charge in [-0.2, -0.15) is 0 Å². The second-order valence-electron chi connectivity index (χ2n) is 6.24. The van der Waals surface area contributed by atoms with Crippen LogP contribution >= 0.6 is 11.6 Å². The number of pyridine rings is 1. The summed E-state index contributed by atoms with van der Waals surface area (Å²) in [6.45, 7) is 6.25. The van der Waals surface area contributed by atoms with Gasteiger partial charge < -0.3 is 15.5 Å². The molecule has 3 rings (SSSR count). The van der Waals surface area contributed by atoms with E-state index < -0.39 is 0 Å². The maximum Gasteiger partial charge on any atom is 0.274 e. The zero-order chi connectivity index (χ0) is 19.9. The Bertz CT molecular complexity index is 905. The van der Waals surface area contributed by atoms with Crippen LogP contribution in [-0.2, 0) is 0 Å². The monoisotopic (exact) mass is 394 g/mol. The molecule has 0 atom stereocenters. The van der Waals surface area contributed by atoms with Gasteiger partial charge in [0.25, 0.3) is 5.91 Å². The van der Waals surface area contributed by atoms with Crippen LogP contribution in [0.4, 0.5) is 22.7 Å². The SMILES string of the molecule is CCN(CC)c1ccc(Nc2ccc(C(=O)Nc3ccc(Cl)cc3)nc2)cc1. The van der Waals surface area contributed by atoms with Crippen molar-refractivity contribution in [3.8, 4) is 0 Å². The molecule has 6 heteroatoms. The molecular weight excluding hydrogens is 372 g/mol. The van der Waals surface area contributed by atoms with Gasteiger partial charge in [-0.1, -0.05) is 11.6 Å². The number of carbonyl (C=O) groups is 1. The van der Waals surface area contributed by atoms with Crippen LogP contribution in [0.2, 0.25) is 5.02 Å². The molecule has 144 valence electrons. The van der Waals surface area contributed by atoms with Gasteiger partial charge in [-0.25, -0.2) is 4.98 Å². The summed E-state index contributed by atoms with van der Waals surface area (Å²) in [5.41, 5.74) is 4.00. The molecule has 28 heavy (non-hydrogen) atoms. The first kappa shape index (κ1) is 19.7. The molecule has 1 amide bonds. The molecule has 0 unspecified atom stereocenters. The van der Waals surface area contributed by atoms with Gasteiger partial charge in [0, 0.05) is 35.2 Å². The van der Waals surface area contributed by atoms with Gasteiger partial charge in [0.15, 0.2) is 0 Å². The van der Waals surface area contributed by atoms with Gasteiger partial charge in [-0.05, 0) is 74.5 Å². The Morgan fingerprint density at radius 1 is 0.893 bits per heavy atom. The van der Waals surface area contributed by atoms with Crippen molar-refractivity contribution < 1.29 is 4.79 Å². The molecule has 0 saturated carbocycles. The Hall–Kier alpha value is -3.05. The molecule has 5 nitrogen and oxygen atoms in total. The number of halogens is 1. The number of rotatable bonds is 7. The lowest BCUT2D eigenvalue weighted by Crippen LogP contribution is -2.21. The zero-order valence-electron chi connectivity index (χ0n) is 15.9. The quantitative estimate of drug-likeness (QED) is 0.549. The average Bonchev–Trinajstić information content (AvgIpc) is 2.72. The van der Waals surface area contributed by atoms with Crippen LogP contribution in [0.1, 0.15) is 24.3 Å². The van der Waals surface area contributed by atoms with E-state index in [0.29, 0.717) is 16.4 Å². The molecule has 0 aliphatic rings. The van der Waals surface area contributed by atoms with Crippen LogP contribution in [0.3, 0.4) is 0 Å². The number of benzene rings is 2. The maximum absolute atomic E-state index is 12.3. The summed E-state index contributed by atoms with van der Waals surface area (Å²) in [7, 11) is 0. The number of hydrogen-bond acceptors (Lipinski definition) is 4. The van der Waals surface area contributed by atoms with Crippen molar-refractivity contribution in [2.24, 2.45) is 0 Å². The highest BCUT2D eigenvalue weighted by Crippen LogP contribution is 2.21. The summed E-state index contributed by atoms with van der Waals surface area (Å²) in [4.78, 5) is 18.8. The van der Waals surface area contributed by atoms with Crippen LogP contribution in [-0.4, -0.2) is 24.0 Å². The van der Waals surface area contributed by atoms with Gasteiger partial charge in [-0.15, -0.1) is 0 Å². The van der Waals surface area contributed by atoms with Gasteiger partial charge in [-0.3, -0.25) is 4.79 Å². The third-order valence-electron chi connectivity index (χ3n) is 4.38. The highest BCUT2D eigenvalue weighted by Gasteiger charge is 2.08. The second kappa shape index (κ2) is 9.24. The molecule has 1 aromatic heterocycles. The minimum atomic E-state index is -0.266. The maximum atomic E-state index is 12.3. The van der Waals surface area contributed by atoms with E-state index in [1.807, 2.05) is 18.2 Å². The van der Waals surface area contributed by atoms with E-state index in [9.17, 15) is 4.79 Å². The molecule has 0 aliphatic carbocycles. The number of aromatic nitrogens is 1. The van der Waals surface area contributed by atoms with Crippen LogP contribution in [0.5, 0.6) is 0 Å². The van der Waals surface area contributed by atoms with Crippen LogP contribution < -0.4 is 15.5 Å². The van der Waals surface area contributed by atoms with Gasteiger partial charge in [0.2, 0.25) is 0 Å². The first-order valence-electron chi connectivity index (χ1n) is 9.24. The Morgan fingerprint density at radius 2 is 1.50 bits per heavy atom. The zero-order valence-corrected chi connectivity index (χ0v) is 16.7.